The van der Waals surface area contributed by atoms with E-state index in [1.165, 1.54) is 24.3 Å². The van der Waals surface area contributed by atoms with Gasteiger partial charge in [-0.05, 0) is 24.1 Å². The van der Waals surface area contributed by atoms with E-state index in [0.717, 1.165) is 0 Å². The van der Waals surface area contributed by atoms with E-state index in [0.29, 0.717) is 6.42 Å². The lowest BCUT2D eigenvalue weighted by atomic mass is 10.2. The molecular formula is C12H12F3IO4S. The van der Waals surface area contributed by atoms with Crippen LogP contribution in [0.1, 0.15) is 25.3 Å². The molecule has 4 nitrogen and oxygen atoms in total. The monoisotopic (exact) mass is 436 g/mol. The minimum Gasteiger partial charge on any atom is -0.254 e. The van der Waals surface area contributed by atoms with E-state index >= 15 is 0 Å². The molecule has 0 radical (unpaired) electrons. The van der Waals surface area contributed by atoms with Crippen LogP contribution >= 0.6 is 10.3 Å². The lowest BCUT2D eigenvalue weighted by molar-refractivity contribution is -1.91. The molecule has 118 valence electrons. The van der Waals surface area contributed by atoms with E-state index in [2.05, 4.69) is 2.51 Å². The van der Waals surface area contributed by atoms with Crippen molar-refractivity contribution >= 4 is 16.4 Å². The summed E-state index contributed by atoms with van der Waals surface area (Å²) in [7, 11) is -4.29. The highest BCUT2D eigenvalue weighted by Crippen LogP contribution is 2.76. The number of halogens is 4. The highest BCUT2D eigenvalue weighted by Gasteiger charge is 2.67. The summed E-state index contributed by atoms with van der Waals surface area (Å²) < 4.78 is 78.3. The van der Waals surface area contributed by atoms with Crippen molar-refractivity contribution in [3.63, 3.8) is 0 Å². The quantitative estimate of drug-likeness (QED) is 0.531. The Balaban J connectivity index is 2.68. The number of alkyl halides is 3. The van der Waals surface area contributed by atoms with Gasteiger partial charge in [0.1, 0.15) is 10.3 Å². The maximum absolute atomic E-state index is 13.7. The number of benzene rings is 1. The molecule has 0 saturated carbocycles. The summed E-state index contributed by atoms with van der Waals surface area (Å²) in [5, 5.41) is 0. The largest absolute Gasteiger partial charge is 0.466 e. The van der Waals surface area contributed by atoms with Gasteiger partial charge >= 0.3 is 25.6 Å². The third-order valence-electron chi connectivity index (χ3n) is 2.91. The smallest absolute Gasteiger partial charge is 0.254 e. The summed E-state index contributed by atoms with van der Waals surface area (Å²) in [4.78, 5) is -0.439. The van der Waals surface area contributed by atoms with Crippen LogP contribution in [0, 0.1) is 0 Å². The van der Waals surface area contributed by atoms with Gasteiger partial charge in [0.15, 0.2) is 0 Å². The Bertz CT molecular complexity index is 570. The van der Waals surface area contributed by atoms with Crippen molar-refractivity contribution in [3.8, 4) is 0 Å². The van der Waals surface area contributed by atoms with Gasteiger partial charge < -0.3 is 0 Å². The van der Waals surface area contributed by atoms with E-state index in [1.54, 1.807) is 13.0 Å². The molecule has 0 aromatic heterocycles. The van der Waals surface area contributed by atoms with Crippen molar-refractivity contribution in [1.29, 1.82) is 0 Å². The van der Waals surface area contributed by atoms with Crippen LogP contribution in [0.3, 0.4) is 0 Å². The molecule has 0 amide bonds. The summed E-state index contributed by atoms with van der Waals surface area (Å²) in [6.45, 7) is 1.67. The first-order valence-corrected chi connectivity index (χ1v) is 11.0. The molecule has 0 fully saturated rings. The number of rotatable bonds is 4. The third-order valence-corrected chi connectivity index (χ3v) is 8.89. The topological polar surface area (TPSA) is 78.4 Å². The Morgan fingerprint density at radius 1 is 1.19 bits per heavy atom. The number of hydrogen-bond acceptors (Lipinski definition) is 4. The first-order valence-electron chi connectivity index (χ1n) is 5.93. The molecule has 0 spiro atoms. The standard InChI is InChI=1S/C12H12F3IO4S/c1-2-5-10-8-9-6-3-4-7-11(9)21(10,12(13,14)15)20-16(17,18)19/h3-4,6-8H,2,5H2,1H3. The Hall–Kier alpha value is -0.330. The highest BCUT2D eigenvalue weighted by molar-refractivity contribution is 8.34. The zero-order chi connectivity index (χ0) is 15.9. The van der Waals surface area contributed by atoms with Crippen LogP contribution in [0.5, 0.6) is 0 Å². The maximum Gasteiger partial charge on any atom is 0.466 e. The summed E-state index contributed by atoms with van der Waals surface area (Å²) in [5.41, 5.74) is -4.72. The van der Waals surface area contributed by atoms with Crippen molar-refractivity contribution in [3.05, 3.63) is 34.7 Å². The van der Waals surface area contributed by atoms with E-state index in [-0.39, 0.29) is 21.8 Å². The predicted octanol–water partition coefficient (Wildman–Crippen LogP) is -1.64. The molecule has 0 aliphatic carbocycles. The van der Waals surface area contributed by atoms with Crippen LogP contribution in [0.15, 0.2) is 34.1 Å². The fraction of sp³-hybridized carbons (Fsp3) is 0.333. The number of hydrogen-bond donors (Lipinski definition) is 0. The van der Waals surface area contributed by atoms with E-state index in [1.807, 2.05) is 0 Å². The molecule has 0 saturated heterocycles. The lowest BCUT2D eigenvalue weighted by Gasteiger charge is -2.34. The lowest BCUT2D eigenvalue weighted by Crippen LogP contribution is -4.23. The summed E-state index contributed by atoms with van der Waals surface area (Å²) >= 11 is -6.56. The fourth-order valence-electron chi connectivity index (χ4n) is 2.22. The zero-order valence-electron chi connectivity index (χ0n) is 10.9. The summed E-state index contributed by atoms with van der Waals surface area (Å²) in [5.74, 6) is 0. The van der Waals surface area contributed by atoms with Crippen LogP contribution < -0.4 is 30.4 Å². The van der Waals surface area contributed by atoms with Gasteiger partial charge in [0, 0.05) is 9.80 Å². The minimum atomic E-state index is -6.56. The Kier molecular flexibility index (Phi) is 4.63. The van der Waals surface area contributed by atoms with E-state index < -0.39 is 35.9 Å². The molecule has 21 heavy (non-hydrogen) atoms. The molecule has 1 unspecified atom stereocenters. The van der Waals surface area contributed by atoms with Gasteiger partial charge in [-0.2, -0.15) is 13.2 Å². The van der Waals surface area contributed by atoms with Gasteiger partial charge in [0.05, 0.1) is 2.51 Å². The molecule has 1 aromatic carbocycles. The predicted molar refractivity (Wildman–Crippen MR) is 62.3 cm³/mol. The number of fused-ring (bicyclic) bond motifs is 1. The van der Waals surface area contributed by atoms with Crippen LogP contribution in [-0.4, -0.2) is 5.51 Å². The van der Waals surface area contributed by atoms with Crippen molar-refractivity contribution < 1.29 is 46.1 Å². The second kappa shape index (κ2) is 5.70. The van der Waals surface area contributed by atoms with Gasteiger partial charge in [-0.3, -0.25) is 10.3 Å². The van der Waals surface area contributed by atoms with E-state index in [9.17, 15) is 23.5 Å². The molecule has 1 aliphatic heterocycles. The summed E-state index contributed by atoms with van der Waals surface area (Å²) in [6.07, 6.45) is 1.68. The van der Waals surface area contributed by atoms with Crippen molar-refractivity contribution in [1.82, 2.24) is 0 Å². The maximum atomic E-state index is 13.7. The molecule has 2 rings (SSSR count). The van der Waals surface area contributed by atoms with Gasteiger partial charge in [0.25, 0.3) is 0 Å². The van der Waals surface area contributed by atoms with Crippen molar-refractivity contribution in [2.24, 2.45) is 0 Å². The number of allylic oxidation sites excluding steroid dienone is 1. The van der Waals surface area contributed by atoms with Gasteiger partial charge in [-0.25, -0.2) is 0 Å². The molecule has 9 heteroatoms. The zero-order valence-corrected chi connectivity index (χ0v) is 13.8. The third kappa shape index (κ3) is 3.08. The molecule has 1 atom stereocenters. The molecule has 1 aromatic rings. The first kappa shape index (κ1) is 17.0. The van der Waals surface area contributed by atoms with E-state index in [4.69, 9.17) is 0 Å². The fourth-order valence-corrected chi connectivity index (χ4v) is 8.88. The van der Waals surface area contributed by atoms with Crippen molar-refractivity contribution in [2.75, 3.05) is 0 Å². The molecule has 0 bridgehead atoms. The highest BCUT2D eigenvalue weighted by atomic mass is 127. The van der Waals surface area contributed by atoms with Gasteiger partial charge in [-0.15, -0.1) is 0 Å². The average Bonchev–Trinajstić information content (AvgIpc) is 2.63. The Morgan fingerprint density at radius 3 is 2.33 bits per heavy atom. The molecule has 1 aliphatic rings. The Morgan fingerprint density at radius 2 is 1.81 bits per heavy atom. The van der Waals surface area contributed by atoms with Crippen LogP contribution in [0.25, 0.3) is 6.08 Å². The van der Waals surface area contributed by atoms with Gasteiger partial charge in [0.2, 0.25) is 0 Å². The average molecular weight is 436 g/mol. The molecule has 0 N–H and O–H groups in total. The van der Waals surface area contributed by atoms with Crippen LogP contribution in [-0.2, 0) is 2.51 Å². The first-order chi connectivity index (χ1) is 9.62. The van der Waals surface area contributed by atoms with Crippen LogP contribution in [0.4, 0.5) is 13.2 Å². The van der Waals surface area contributed by atoms with Crippen LogP contribution in [0.2, 0.25) is 0 Å². The Labute approximate surface area is 127 Å². The minimum absolute atomic E-state index is 0.0145. The SMILES string of the molecule is CCCC1=Cc2ccccc2S1(O[I+3]([O-])([O-])[O-])C(F)(F)F. The van der Waals surface area contributed by atoms with Gasteiger partial charge in [-0.1, -0.05) is 31.5 Å². The molecular weight excluding hydrogens is 424 g/mol. The van der Waals surface area contributed by atoms with Crippen molar-refractivity contribution in [2.45, 2.75) is 30.2 Å². The molecule has 1 heterocycles. The second-order valence-electron chi connectivity index (χ2n) is 4.34. The second-order valence-corrected chi connectivity index (χ2v) is 10.2. The normalized spacial score (nSPS) is 25.2. The summed E-state index contributed by atoms with van der Waals surface area (Å²) in [6, 6.07) is 5.53.